The van der Waals surface area contributed by atoms with Crippen molar-refractivity contribution in [2.45, 2.75) is 38.9 Å². The first-order valence-electron chi connectivity index (χ1n) is 10.5. The minimum absolute atomic E-state index is 0.00898. The van der Waals surface area contributed by atoms with Gasteiger partial charge in [-0.05, 0) is 44.0 Å². The molecule has 0 unspecified atom stereocenters. The summed E-state index contributed by atoms with van der Waals surface area (Å²) < 4.78 is 45.3. The fourth-order valence-electron chi connectivity index (χ4n) is 3.58. The van der Waals surface area contributed by atoms with Crippen LogP contribution in [-0.4, -0.2) is 16.8 Å². The normalized spacial score (nSPS) is 13.9. The molecule has 0 aliphatic heterocycles. The largest absolute Gasteiger partial charge is 0.441 e. The molecular weight excluding hydrogens is 435 g/mol. The second-order valence-electron chi connectivity index (χ2n) is 7.91. The Morgan fingerprint density at radius 3 is 2.48 bits per heavy atom. The van der Waals surface area contributed by atoms with Crippen LogP contribution in [-0.2, 0) is 17.5 Å². The van der Waals surface area contributed by atoms with Crippen LogP contribution in [0.15, 0.2) is 52.9 Å². The number of aryl methyl sites for hydroxylation is 1. The smallest absolute Gasteiger partial charge is 0.417 e. The summed E-state index contributed by atoms with van der Waals surface area (Å²) >= 11 is 0. The lowest BCUT2D eigenvalue weighted by Crippen LogP contribution is -2.28. The predicted octanol–water partition coefficient (Wildman–Crippen LogP) is 5.34. The number of benzene rings is 2. The van der Waals surface area contributed by atoms with Gasteiger partial charge < -0.3 is 15.1 Å². The molecular formula is C24H22F3N3O3. The van der Waals surface area contributed by atoms with Crippen molar-refractivity contribution in [1.82, 2.24) is 10.3 Å². The minimum Gasteiger partial charge on any atom is -0.441 e. The molecule has 1 saturated carbocycles. The van der Waals surface area contributed by atoms with Crippen molar-refractivity contribution in [3.63, 3.8) is 0 Å². The zero-order valence-corrected chi connectivity index (χ0v) is 17.8. The van der Waals surface area contributed by atoms with Crippen LogP contribution in [0.25, 0.3) is 11.5 Å². The number of halogens is 3. The Balaban J connectivity index is 1.50. The van der Waals surface area contributed by atoms with Gasteiger partial charge in [0.1, 0.15) is 11.5 Å². The van der Waals surface area contributed by atoms with Crippen LogP contribution in [0.3, 0.4) is 0 Å². The molecule has 0 saturated heterocycles. The molecule has 3 aromatic rings. The third kappa shape index (κ3) is 4.92. The van der Waals surface area contributed by atoms with E-state index in [1.807, 2.05) is 0 Å². The van der Waals surface area contributed by atoms with E-state index in [0.29, 0.717) is 22.7 Å². The summed E-state index contributed by atoms with van der Waals surface area (Å²) in [6, 6.07) is 11.7. The van der Waals surface area contributed by atoms with Crippen LogP contribution in [0.2, 0.25) is 0 Å². The van der Waals surface area contributed by atoms with Gasteiger partial charge in [-0.25, -0.2) is 4.98 Å². The SMILES string of the molecule is Cc1oc(-c2ccccc2NC(=O)C2CCC2)nc1CNC(=O)c1ccccc1C(F)(F)F. The van der Waals surface area contributed by atoms with Gasteiger partial charge in [0.15, 0.2) is 0 Å². The number of hydrogen-bond donors (Lipinski definition) is 2. The summed E-state index contributed by atoms with van der Waals surface area (Å²) in [6.45, 7) is 1.54. The zero-order valence-electron chi connectivity index (χ0n) is 17.8. The van der Waals surface area contributed by atoms with Crippen molar-refractivity contribution in [1.29, 1.82) is 0 Å². The molecule has 2 amide bonds. The average Bonchev–Trinajstić information content (AvgIpc) is 3.11. The lowest BCUT2D eigenvalue weighted by atomic mass is 9.85. The topological polar surface area (TPSA) is 84.2 Å². The van der Waals surface area contributed by atoms with Crippen molar-refractivity contribution < 1.29 is 27.2 Å². The van der Waals surface area contributed by atoms with Crippen LogP contribution in [0, 0.1) is 12.8 Å². The van der Waals surface area contributed by atoms with Crippen LogP contribution in [0.1, 0.15) is 46.6 Å². The first kappa shape index (κ1) is 22.6. The monoisotopic (exact) mass is 457 g/mol. The van der Waals surface area contributed by atoms with E-state index in [9.17, 15) is 22.8 Å². The highest BCUT2D eigenvalue weighted by atomic mass is 19.4. The van der Waals surface area contributed by atoms with E-state index in [1.165, 1.54) is 12.1 Å². The predicted molar refractivity (Wildman–Crippen MR) is 115 cm³/mol. The number of anilines is 1. The molecule has 1 aliphatic rings. The summed E-state index contributed by atoms with van der Waals surface area (Å²) in [5.41, 5.74) is 0.0492. The number of nitrogens with one attached hydrogen (secondary N) is 2. The molecule has 1 aliphatic carbocycles. The zero-order chi connectivity index (χ0) is 23.6. The Labute approximate surface area is 188 Å². The molecule has 2 aromatic carbocycles. The first-order valence-corrected chi connectivity index (χ1v) is 10.5. The maximum absolute atomic E-state index is 13.2. The molecule has 1 aromatic heterocycles. The third-order valence-electron chi connectivity index (χ3n) is 5.68. The Morgan fingerprint density at radius 2 is 1.79 bits per heavy atom. The number of rotatable bonds is 6. The van der Waals surface area contributed by atoms with Crippen LogP contribution in [0.4, 0.5) is 18.9 Å². The Hall–Kier alpha value is -3.62. The van der Waals surface area contributed by atoms with Gasteiger partial charge in [-0.2, -0.15) is 13.2 Å². The standard InChI is InChI=1S/C24H22F3N3O3/c1-14-20(13-28-22(32)16-9-2-4-11-18(16)24(25,26)27)30-23(33-14)17-10-3-5-12-19(17)29-21(31)15-7-6-8-15/h2-5,9-12,15H,6-8,13H2,1H3,(H,28,32)(H,29,31). The van der Waals surface area contributed by atoms with E-state index >= 15 is 0 Å². The van der Waals surface area contributed by atoms with E-state index in [2.05, 4.69) is 15.6 Å². The van der Waals surface area contributed by atoms with Crippen molar-refractivity contribution in [3.05, 3.63) is 71.1 Å². The lowest BCUT2D eigenvalue weighted by Gasteiger charge is -2.24. The second kappa shape index (κ2) is 9.09. The molecule has 0 bridgehead atoms. The van der Waals surface area contributed by atoms with Crippen molar-refractivity contribution in [2.24, 2.45) is 5.92 Å². The van der Waals surface area contributed by atoms with Crippen molar-refractivity contribution in [2.75, 3.05) is 5.32 Å². The van der Waals surface area contributed by atoms with Gasteiger partial charge in [-0.15, -0.1) is 0 Å². The lowest BCUT2D eigenvalue weighted by molar-refractivity contribution is -0.138. The molecule has 0 radical (unpaired) electrons. The second-order valence-corrected chi connectivity index (χ2v) is 7.91. The van der Waals surface area contributed by atoms with Crippen LogP contribution < -0.4 is 10.6 Å². The number of carbonyl (C=O) groups excluding carboxylic acids is 2. The van der Waals surface area contributed by atoms with E-state index in [4.69, 9.17) is 4.42 Å². The quantitative estimate of drug-likeness (QED) is 0.524. The van der Waals surface area contributed by atoms with Gasteiger partial charge in [0.2, 0.25) is 11.8 Å². The van der Waals surface area contributed by atoms with Gasteiger partial charge in [-0.1, -0.05) is 30.7 Å². The van der Waals surface area contributed by atoms with Gasteiger partial charge >= 0.3 is 6.18 Å². The molecule has 4 rings (SSSR count). The summed E-state index contributed by atoms with van der Waals surface area (Å²) in [5.74, 6) is -0.242. The highest BCUT2D eigenvalue weighted by Gasteiger charge is 2.35. The highest BCUT2D eigenvalue weighted by Crippen LogP contribution is 2.33. The molecule has 2 N–H and O–H groups in total. The summed E-state index contributed by atoms with van der Waals surface area (Å²) in [6.07, 6.45) is -1.86. The fourth-order valence-corrected chi connectivity index (χ4v) is 3.58. The van der Waals surface area contributed by atoms with E-state index < -0.39 is 23.2 Å². The average molecular weight is 457 g/mol. The number of nitrogens with zero attached hydrogens (tertiary/aromatic N) is 1. The number of alkyl halides is 3. The van der Waals surface area contributed by atoms with Gasteiger partial charge in [0, 0.05) is 5.92 Å². The Kier molecular flexibility index (Phi) is 6.22. The van der Waals surface area contributed by atoms with E-state index in [0.717, 1.165) is 31.4 Å². The molecule has 6 nitrogen and oxygen atoms in total. The number of carbonyl (C=O) groups is 2. The molecule has 0 atom stereocenters. The van der Waals surface area contributed by atoms with Gasteiger partial charge in [0.25, 0.3) is 5.91 Å². The van der Waals surface area contributed by atoms with Gasteiger partial charge in [0.05, 0.1) is 28.9 Å². The number of hydrogen-bond acceptors (Lipinski definition) is 4. The van der Waals surface area contributed by atoms with Crippen molar-refractivity contribution in [3.8, 4) is 11.5 Å². The molecule has 9 heteroatoms. The molecule has 1 fully saturated rings. The fraction of sp³-hybridized carbons (Fsp3) is 0.292. The molecule has 33 heavy (non-hydrogen) atoms. The third-order valence-corrected chi connectivity index (χ3v) is 5.68. The van der Waals surface area contributed by atoms with Crippen LogP contribution in [0.5, 0.6) is 0 Å². The maximum atomic E-state index is 13.2. The number of aromatic nitrogens is 1. The number of para-hydroxylation sites is 1. The highest BCUT2D eigenvalue weighted by molar-refractivity contribution is 5.97. The molecule has 0 spiro atoms. The minimum atomic E-state index is -4.64. The first-order chi connectivity index (χ1) is 15.7. The maximum Gasteiger partial charge on any atom is 0.417 e. The molecule has 1 heterocycles. The summed E-state index contributed by atoms with van der Waals surface area (Å²) in [4.78, 5) is 29.2. The summed E-state index contributed by atoms with van der Waals surface area (Å²) in [7, 11) is 0. The Bertz CT molecular complexity index is 1180. The van der Waals surface area contributed by atoms with E-state index in [-0.39, 0.29) is 24.3 Å². The van der Waals surface area contributed by atoms with Crippen molar-refractivity contribution >= 4 is 17.5 Å². The number of oxazole rings is 1. The van der Waals surface area contributed by atoms with E-state index in [1.54, 1.807) is 31.2 Å². The molecule has 172 valence electrons. The number of amides is 2. The van der Waals surface area contributed by atoms with Crippen LogP contribution >= 0.6 is 0 Å². The Morgan fingerprint density at radius 1 is 1.09 bits per heavy atom. The summed E-state index contributed by atoms with van der Waals surface area (Å²) in [5, 5.41) is 5.40. The van der Waals surface area contributed by atoms with Gasteiger partial charge in [-0.3, -0.25) is 9.59 Å².